The van der Waals surface area contributed by atoms with Crippen LogP contribution in [0.4, 0.5) is 0 Å². The van der Waals surface area contributed by atoms with Crippen molar-refractivity contribution < 1.29 is 5.11 Å². The van der Waals surface area contributed by atoms with Crippen LogP contribution >= 0.6 is 11.8 Å². The van der Waals surface area contributed by atoms with E-state index in [1.165, 1.54) is 0 Å². The van der Waals surface area contributed by atoms with Crippen molar-refractivity contribution in [1.29, 1.82) is 0 Å². The van der Waals surface area contributed by atoms with Crippen LogP contribution in [0, 0.1) is 0 Å². The number of hydrogen-bond acceptors (Lipinski definition) is 3. The van der Waals surface area contributed by atoms with Crippen LogP contribution in [-0.4, -0.2) is 35.8 Å². The predicted molar refractivity (Wildman–Crippen MR) is 61.3 cm³/mol. The molecule has 3 heteroatoms. The van der Waals surface area contributed by atoms with E-state index in [1.54, 1.807) is 11.8 Å². The van der Waals surface area contributed by atoms with Crippen LogP contribution in [0.3, 0.4) is 0 Å². The zero-order valence-corrected chi connectivity index (χ0v) is 9.44. The third kappa shape index (κ3) is 6.13. The van der Waals surface area contributed by atoms with E-state index in [-0.39, 0.29) is 6.61 Å². The summed E-state index contributed by atoms with van der Waals surface area (Å²) in [5, 5.41) is 12.7. The number of hydrogen-bond donors (Lipinski definition) is 2. The van der Waals surface area contributed by atoms with Gasteiger partial charge in [0.2, 0.25) is 0 Å². The summed E-state index contributed by atoms with van der Waals surface area (Å²) < 4.78 is 0. The standard InChI is InChI=1S/C10H21NOS/c1-4-5-6-7-11-9(2)10(8-12)13-3/h4,9-12H,1,5-8H2,2-3H3. The van der Waals surface area contributed by atoms with E-state index >= 15 is 0 Å². The Hall–Kier alpha value is 0.0100. The summed E-state index contributed by atoms with van der Waals surface area (Å²) in [6.45, 7) is 7.04. The van der Waals surface area contributed by atoms with Crippen LogP contribution in [0.25, 0.3) is 0 Å². The second kappa shape index (κ2) is 8.60. The van der Waals surface area contributed by atoms with Gasteiger partial charge in [-0.2, -0.15) is 11.8 Å². The van der Waals surface area contributed by atoms with Gasteiger partial charge < -0.3 is 10.4 Å². The lowest BCUT2D eigenvalue weighted by Gasteiger charge is -2.21. The van der Waals surface area contributed by atoms with Gasteiger partial charge in [0.15, 0.2) is 0 Å². The SMILES string of the molecule is C=CCCCNC(C)C(CO)SC. The molecule has 0 aliphatic carbocycles. The number of unbranched alkanes of at least 4 members (excludes halogenated alkanes) is 1. The molecule has 0 rings (SSSR count). The molecule has 13 heavy (non-hydrogen) atoms. The van der Waals surface area contributed by atoms with Crippen molar-refractivity contribution in [3.8, 4) is 0 Å². The fourth-order valence-electron chi connectivity index (χ4n) is 1.14. The highest BCUT2D eigenvalue weighted by molar-refractivity contribution is 7.99. The number of allylic oxidation sites excluding steroid dienone is 1. The molecule has 78 valence electrons. The van der Waals surface area contributed by atoms with E-state index in [1.807, 2.05) is 12.3 Å². The van der Waals surface area contributed by atoms with Crippen LogP contribution < -0.4 is 5.32 Å². The maximum Gasteiger partial charge on any atom is 0.0564 e. The molecule has 0 saturated carbocycles. The number of rotatable bonds is 8. The van der Waals surface area contributed by atoms with E-state index in [2.05, 4.69) is 18.8 Å². The van der Waals surface area contributed by atoms with Gasteiger partial charge in [-0.3, -0.25) is 0 Å². The van der Waals surface area contributed by atoms with Crippen molar-refractivity contribution in [1.82, 2.24) is 5.32 Å². The zero-order chi connectivity index (χ0) is 10.1. The molecule has 2 unspecified atom stereocenters. The number of aliphatic hydroxyl groups excluding tert-OH is 1. The topological polar surface area (TPSA) is 32.3 Å². The van der Waals surface area contributed by atoms with E-state index in [0.29, 0.717) is 11.3 Å². The van der Waals surface area contributed by atoms with Crippen LogP contribution in [-0.2, 0) is 0 Å². The van der Waals surface area contributed by atoms with E-state index in [4.69, 9.17) is 5.11 Å². The average Bonchev–Trinajstić information content (AvgIpc) is 2.14. The molecule has 0 fully saturated rings. The quantitative estimate of drug-likeness (QED) is 0.465. The lowest BCUT2D eigenvalue weighted by molar-refractivity contribution is 0.276. The Morgan fingerprint density at radius 2 is 2.31 bits per heavy atom. The Bertz CT molecular complexity index is 126. The second-order valence-electron chi connectivity index (χ2n) is 3.13. The number of nitrogens with one attached hydrogen (secondary N) is 1. The second-order valence-corrected chi connectivity index (χ2v) is 4.21. The minimum Gasteiger partial charge on any atom is -0.395 e. The first kappa shape index (κ1) is 13.0. The highest BCUT2D eigenvalue weighted by Crippen LogP contribution is 2.09. The minimum absolute atomic E-state index is 0.247. The van der Waals surface area contributed by atoms with Gasteiger partial charge in [0.05, 0.1) is 6.61 Å². The van der Waals surface area contributed by atoms with E-state index < -0.39 is 0 Å². The van der Waals surface area contributed by atoms with Gasteiger partial charge in [-0.05, 0) is 32.6 Å². The minimum atomic E-state index is 0.247. The van der Waals surface area contributed by atoms with Gasteiger partial charge in [0, 0.05) is 11.3 Å². The van der Waals surface area contributed by atoms with E-state index in [9.17, 15) is 0 Å². The summed E-state index contributed by atoms with van der Waals surface area (Å²) in [5.41, 5.74) is 0. The predicted octanol–water partition coefficient (Wildman–Crippen LogP) is 1.65. The molecule has 0 bridgehead atoms. The fourth-order valence-corrected chi connectivity index (χ4v) is 1.80. The van der Waals surface area contributed by atoms with Crippen molar-refractivity contribution in [3.63, 3.8) is 0 Å². The highest BCUT2D eigenvalue weighted by atomic mass is 32.2. The summed E-state index contributed by atoms with van der Waals surface area (Å²) in [7, 11) is 0. The molecule has 2 atom stereocenters. The molecule has 0 saturated heterocycles. The van der Waals surface area contributed by atoms with Crippen LogP contribution in [0.5, 0.6) is 0 Å². The van der Waals surface area contributed by atoms with Crippen LogP contribution in [0.2, 0.25) is 0 Å². The average molecular weight is 203 g/mol. The van der Waals surface area contributed by atoms with Crippen LogP contribution in [0.1, 0.15) is 19.8 Å². The molecule has 0 aromatic heterocycles. The summed E-state index contributed by atoms with van der Waals surface area (Å²) in [6.07, 6.45) is 6.15. The molecule has 0 heterocycles. The Balaban J connectivity index is 3.47. The summed E-state index contributed by atoms with van der Waals surface area (Å²) in [4.78, 5) is 0. The van der Waals surface area contributed by atoms with Gasteiger partial charge in [0.1, 0.15) is 0 Å². The molecule has 0 aromatic rings. The maximum atomic E-state index is 9.02. The van der Waals surface area contributed by atoms with Crippen molar-refractivity contribution in [2.24, 2.45) is 0 Å². The fraction of sp³-hybridized carbons (Fsp3) is 0.800. The molecule has 0 amide bonds. The molecule has 0 aromatic carbocycles. The monoisotopic (exact) mass is 203 g/mol. The van der Waals surface area contributed by atoms with Crippen LogP contribution in [0.15, 0.2) is 12.7 Å². The normalized spacial score (nSPS) is 15.3. The third-order valence-electron chi connectivity index (χ3n) is 2.09. The van der Waals surface area contributed by atoms with Gasteiger partial charge >= 0.3 is 0 Å². The molecule has 0 aliphatic heterocycles. The van der Waals surface area contributed by atoms with Crippen molar-refractivity contribution >= 4 is 11.8 Å². The van der Waals surface area contributed by atoms with Crippen molar-refractivity contribution in [2.45, 2.75) is 31.1 Å². The molecule has 0 spiro atoms. The summed E-state index contributed by atoms with van der Waals surface area (Å²) >= 11 is 1.71. The first-order valence-corrected chi connectivity index (χ1v) is 6.03. The Kier molecular flexibility index (Phi) is 8.61. The largest absolute Gasteiger partial charge is 0.395 e. The molecular weight excluding hydrogens is 182 g/mol. The Morgan fingerprint density at radius 1 is 1.62 bits per heavy atom. The van der Waals surface area contributed by atoms with Gasteiger partial charge in [-0.1, -0.05) is 6.08 Å². The smallest absolute Gasteiger partial charge is 0.0564 e. The maximum absolute atomic E-state index is 9.02. The molecule has 2 N–H and O–H groups in total. The van der Waals surface area contributed by atoms with Gasteiger partial charge in [-0.15, -0.1) is 6.58 Å². The third-order valence-corrected chi connectivity index (χ3v) is 3.25. The Labute approximate surface area is 85.8 Å². The molecule has 0 aliphatic rings. The number of aliphatic hydroxyl groups is 1. The Morgan fingerprint density at radius 3 is 2.77 bits per heavy atom. The first-order valence-electron chi connectivity index (χ1n) is 4.74. The molecule has 2 nitrogen and oxygen atoms in total. The van der Waals surface area contributed by atoms with Crippen molar-refractivity contribution in [2.75, 3.05) is 19.4 Å². The molecular formula is C10H21NOS. The lowest BCUT2D eigenvalue weighted by Crippen LogP contribution is -2.37. The van der Waals surface area contributed by atoms with Gasteiger partial charge in [-0.25, -0.2) is 0 Å². The van der Waals surface area contributed by atoms with Gasteiger partial charge in [0.25, 0.3) is 0 Å². The number of thioether (sulfide) groups is 1. The highest BCUT2D eigenvalue weighted by Gasteiger charge is 2.13. The molecule has 0 radical (unpaired) electrons. The van der Waals surface area contributed by atoms with Crippen molar-refractivity contribution in [3.05, 3.63) is 12.7 Å². The first-order chi connectivity index (χ1) is 6.26. The summed E-state index contributed by atoms with van der Waals surface area (Å²) in [6, 6.07) is 0.379. The van der Waals surface area contributed by atoms with E-state index in [0.717, 1.165) is 19.4 Å². The lowest BCUT2D eigenvalue weighted by atomic mass is 10.2. The zero-order valence-electron chi connectivity index (χ0n) is 8.62. The summed E-state index contributed by atoms with van der Waals surface area (Å²) in [5.74, 6) is 0.